The average Bonchev–Trinajstić information content (AvgIpc) is 2.41. The number of hydrogen-bond acceptors (Lipinski definition) is 6. The molecule has 0 aromatic heterocycles. The largest absolute Gasteiger partial charge is 0.506 e. The molecule has 0 heterocycles. The van der Waals surface area contributed by atoms with Gasteiger partial charge in [0, 0.05) is 41.3 Å². The van der Waals surface area contributed by atoms with Crippen molar-refractivity contribution in [1.29, 1.82) is 0 Å². The Morgan fingerprint density at radius 1 is 0.265 bits per heavy atom. The SMILES string of the molecule is O=S(=O)(C(F)(F)F)C(F)(F)F.O=S(=O)(C(F)(F)F)C(F)(F)F.O=S(=O)(C(F)(F)F)C(F)(F)F.[Pr]. The van der Waals surface area contributed by atoms with Gasteiger partial charge in [-0.3, -0.25) is 0 Å². The summed E-state index contributed by atoms with van der Waals surface area (Å²) in [6.07, 6.45) is 0. The molecule has 28 heteroatoms. The van der Waals surface area contributed by atoms with Crippen LogP contribution >= 0.6 is 0 Å². The van der Waals surface area contributed by atoms with E-state index in [4.69, 9.17) is 0 Å². The zero-order valence-electron chi connectivity index (χ0n) is 14.1. The third-order valence-corrected chi connectivity index (χ3v) is 5.48. The fourth-order valence-corrected chi connectivity index (χ4v) is 1.18. The van der Waals surface area contributed by atoms with Crippen molar-refractivity contribution in [2.75, 3.05) is 0 Å². The third kappa shape index (κ3) is 10.5. The zero-order valence-corrected chi connectivity index (χ0v) is 20.2. The summed E-state index contributed by atoms with van der Waals surface area (Å²) < 4.78 is 255. The molecule has 1 radical (unpaired) electrons. The van der Waals surface area contributed by atoms with Crippen LogP contribution in [0.4, 0.5) is 79.0 Å². The van der Waals surface area contributed by atoms with Gasteiger partial charge in [-0.1, -0.05) is 0 Å². The summed E-state index contributed by atoms with van der Waals surface area (Å²) >= 11 is 0. The Balaban J connectivity index is -0.000000196. The number of sulfone groups is 3. The molecule has 0 saturated carbocycles. The topological polar surface area (TPSA) is 102 Å². The van der Waals surface area contributed by atoms with E-state index in [2.05, 4.69) is 0 Å². The average molecular weight is 747 g/mol. The Labute approximate surface area is 207 Å². The molecule has 0 unspecified atom stereocenters. The second kappa shape index (κ2) is 11.6. The van der Waals surface area contributed by atoms with Crippen LogP contribution in [0.1, 0.15) is 0 Å². The van der Waals surface area contributed by atoms with E-state index in [-0.39, 0.29) is 41.3 Å². The van der Waals surface area contributed by atoms with Crippen LogP contribution in [0, 0.1) is 41.3 Å². The predicted molar refractivity (Wildman–Crippen MR) is 63.1 cm³/mol. The molecular weight excluding hydrogens is 747 g/mol. The van der Waals surface area contributed by atoms with Gasteiger partial charge >= 0.3 is 62.6 Å². The summed E-state index contributed by atoms with van der Waals surface area (Å²) in [6, 6.07) is 0. The van der Waals surface area contributed by atoms with Crippen molar-refractivity contribution in [3.05, 3.63) is 0 Å². The van der Waals surface area contributed by atoms with Crippen LogP contribution in [0.25, 0.3) is 0 Å². The van der Waals surface area contributed by atoms with Gasteiger partial charge in [-0.15, -0.1) is 0 Å². The quantitative estimate of drug-likeness (QED) is 0.343. The van der Waals surface area contributed by atoms with Crippen molar-refractivity contribution in [3.8, 4) is 0 Å². The standard InChI is InChI=1S/3C2F6O2S.Pr/c3*3-1(4,5)11(9,10)2(6,7)8;. The fraction of sp³-hybridized carbons (Fsp3) is 1.00. The number of alkyl halides is 18. The Kier molecular flexibility index (Phi) is 14.0. The van der Waals surface area contributed by atoms with Crippen LogP contribution in [0.5, 0.6) is 0 Å². The smallest absolute Gasteiger partial charge is 0.210 e. The molecule has 0 saturated heterocycles. The summed E-state index contributed by atoms with van der Waals surface area (Å²) in [5.41, 5.74) is -37.6. The normalized spacial score (nSPS) is 14.6. The van der Waals surface area contributed by atoms with E-state index in [1.807, 2.05) is 0 Å². The first kappa shape index (κ1) is 41.1. The van der Waals surface area contributed by atoms with Crippen molar-refractivity contribution in [1.82, 2.24) is 0 Å². The van der Waals surface area contributed by atoms with Crippen LogP contribution < -0.4 is 0 Å². The van der Waals surface area contributed by atoms with E-state index in [9.17, 15) is 104 Å². The van der Waals surface area contributed by atoms with Crippen molar-refractivity contribution >= 4 is 29.5 Å². The predicted octanol–water partition coefficient (Wildman–Crippen LogP) is 4.32. The Hall–Kier alpha value is -0.0464. The molecule has 0 aromatic carbocycles. The van der Waals surface area contributed by atoms with Gasteiger partial charge in [0.15, 0.2) is 0 Å². The Bertz CT molecular complexity index is 766. The van der Waals surface area contributed by atoms with Gasteiger partial charge in [0.2, 0.25) is 0 Å². The molecule has 0 aliphatic rings. The summed E-state index contributed by atoms with van der Waals surface area (Å²) in [5.74, 6) is 0. The van der Waals surface area contributed by atoms with Crippen molar-refractivity contribution in [2.24, 2.45) is 0 Å². The van der Waals surface area contributed by atoms with Crippen LogP contribution in [-0.4, -0.2) is 58.3 Å². The van der Waals surface area contributed by atoms with Gasteiger partial charge < -0.3 is 0 Å². The Morgan fingerprint density at radius 2 is 0.324 bits per heavy atom. The van der Waals surface area contributed by atoms with E-state index in [1.54, 1.807) is 0 Å². The molecule has 0 bridgehead atoms. The van der Waals surface area contributed by atoms with Gasteiger partial charge in [0.25, 0.3) is 0 Å². The second-order valence-corrected chi connectivity index (χ2v) is 9.98. The summed E-state index contributed by atoms with van der Waals surface area (Å²) in [6.45, 7) is 0. The van der Waals surface area contributed by atoms with Gasteiger partial charge in [-0.05, 0) is 0 Å². The minimum Gasteiger partial charge on any atom is -0.210 e. The molecule has 0 N–H and O–H groups in total. The maximum Gasteiger partial charge on any atom is 0.506 e. The molecule has 0 aliphatic heterocycles. The van der Waals surface area contributed by atoms with Gasteiger partial charge in [0.1, 0.15) is 0 Å². The summed E-state index contributed by atoms with van der Waals surface area (Å²) in [4.78, 5) is 0. The number of halogens is 18. The van der Waals surface area contributed by atoms with Crippen molar-refractivity contribution < 1.29 is 146 Å². The minimum absolute atomic E-state index is 0. The zero-order chi connectivity index (χ0) is 28.5. The maximum atomic E-state index is 11.0. The molecule has 34 heavy (non-hydrogen) atoms. The first-order valence-electron chi connectivity index (χ1n) is 5.63. The van der Waals surface area contributed by atoms with Crippen LogP contribution in [0.2, 0.25) is 0 Å². The maximum absolute atomic E-state index is 11.0. The van der Waals surface area contributed by atoms with E-state index in [0.29, 0.717) is 0 Å². The molecular formula is C6F18O6PrS3. The molecule has 0 aromatic rings. The molecule has 0 aliphatic carbocycles. The van der Waals surface area contributed by atoms with Crippen LogP contribution in [-0.2, 0) is 29.5 Å². The van der Waals surface area contributed by atoms with Crippen molar-refractivity contribution in [2.45, 2.75) is 33.0 Å². The van der Waals surface area contributed by atoms with Crippen LogP contribution in [0.3, 0.4) is 0 Å². The molecule has 0 atom stereocenters. The minimum atomic E-state index is -7.01. The third-order valence-electron chi connectivity index (χ3n) is 1.83. The first-order valence-corrected chi connectivity index (χ1v) is 10.1. The molecule has 0 spiro atoms. The van der Waals surface area contributed by atoms with E-state index >= 15 is 0 Å². The van der Waals surface area contributed by atoms with Crippen molar-refractivity contribution in [3.63, 3.8) is 0 Å². The number of rotatable bonds is 0. The molecule has 0 rings (SSSR count). The molecule has 0 amide bonds. The Morgan fingerprint density at radius 3 is 0.324 bits per heavy atom. The first-order chi connectivity index (χ1) is 13.5. The molecule has 207 valence electrons. The second-order valence-electron chi connectivity index (χ2n) is 4.18. The summed E-state index contributed by atoms with van der Waals surface area (Å²) in [7, 11) is -21.0. The number of hydrogen-bond donors (Lipinski definition) is 0. The monoisotopic (exact) mass is 747 g/mol. The van der Waals surface area contributed by atoms with E-state index < -0.39 is 62.6 Å². The van der Waals surface area contributed by atoms with Gasteiger partial charge in [-0.2, -0.15) is 79.0 Å². The van der Waals surface area contributed by atoms with E-state index in [1.165, 1.54) is 0 Å². The molecule has 0 fully saturated rings. The van der Waals surface area contributed by atoms with Gasteiger partial charge in [-0.25, -0.2) is 25.3 Å². The van der Waals surface area contributed by atoms with Gasteiger partial charge in [0.05, 0.1) is 0 Å². The van der Waals surface area contributed by atoms with Crippen LogP contribution in [0.15, 0.2) is 0 Å². The van der Waals surface area contributed by atoms with E-state index in [0.717, 1.165) is 0 Å². The molecule has 6 nitrogen and oxygen atoms in total. The fourth-order valence-electron chi connectivity index (χ4n) is 0.394. The summed E-state index contributed by atoms with van der Waals surface area (Å²) in [5, 5.41) is 0.